The summed E-state index contributed by atoms with van der Waals surface area (Å²) in [5.74, 6) is -0.693. The summed E-state index contributed by atoms with van der Waals surface area (Å²) in [4.78, 5) is 12.8. The Kier molecular flexibility index (Phi) is 5.55. The SMILES string of the molecule is NCC(C(=O)Nc1ccc2[nH]nc(-c3cccc(S(N)(=O)=O)c3)c2c1)c1ccccc1. The number of H-pyrrole nitrogens is 1. The van der Waals surface area contributed by atoms with Gasteiger partial charge < -0.3 is 11.1 Å². The number of nitrogens with zero attached hydrogens (tertiary/aromatic N) is 1. The summed E-state index contributed by atoms with van der Waals surface area (Å²) in [5.41, 5.74) is 9.15. The van der Waals surface area contributed by atoms with Gasteiger partial charge in [-0.25, -0.2) is 13.6 Å². The van der Waals surface area contributed by atoms with Crippen molar-refractivity contribution in [1.29, 1.82) is 0 Å². The second-order valence-electron chi connectivity index (χ2n) is 7.09. The van der Waals surface area contributed by atoms with Gasteiger partial charge in [0.2, 0.25) is 15.9 Å². The average Bonchev–Trinajstić information content (AvgIpc) is 3.18. The maximum absolute atomic E-state index is 12.8. The Morgan fingerprint density at radius 3 is 2.52 bits per heavy atom. The fourth-order valence-corrected chi connectivity index (χ4v) is 4.00. The van der Waals surface area contributed by atoms with Gasteiger partial charge >= 0.3 is 0 Å². The molecular formula is C22H21N5O3S. The summed E-state index contributed by atoms with van der Waals surface area (Å²) in [6.07, 6.45) is 0. The second-order valence-corrected chi connectivity index (χ2v) is 8.66. The number of fused-ring (bicyclic) bond motifs is 1. The van der Waals surface area contributed by atoms with Gasteiger partial charge in [-0.15, -0.1) is 0 Å². The number of benzene rings is 3. The van der Waals surface area contributed by atoms with Gasteiger partial charge in [0.1, 0.15) is 5.69 Å². The highest BCUT2D eigenvalue weighted by Gasteiger charge is 2.19. The average molecular weight is 436 g/mol. The molecule has 0 saturated heterocycles. The van der Waals surface area contributed by atoms with Gasteiger partial charge in [-0.3, -0.25) is 9.89 Å². The third kappa shape index (κ3) is 4.33. The molecule has 0 bridgehead atoms. The maximum Gasteiger partial charge on any atom is 0.238 e. The highest BCUT2D eigenvalue weighted by Crippen LogP contribution is 2.30. The van der Waals surface area contributed by atoms with Crippen molar-refractivity contribution in [2.45, 2.75) is 10.8 Å². The number of hydrogen-bond acceptors (Lipinski definition) is 5. The highest BCUT2D eigenvalue weighted by molar-refractivity contribution is 7.89. The van der Waals surface area contributed by atoms with Gasteiger partial charge in [-0.1, -0.05) is 42.5 Å². The zero-order chi connectivity index (χ0) is 22.0. The van der Waals surface area contributed by atoms with Crippen molar-refractivity contribution in [1.82, 2.24) is 10.2 Å². The van der Waals surface area contributed by atoms with Gasteiger partial charge in [-0.2, -0.15) is 5.10 Å². The van der Waals surface area contributed by atoms with Crippen molar-refractivity contribution in [3.8, 4) is 11.3 Å². The van der Waals surface area contributed by atoms with Crippen LogP contribution in [0.5, 0.6) is 0 Å². The number of aromatic nitrogens is 2. The van der Waals surface area contributed by atoms with Crippen LogP contribution in [0.25, 0.3) is 22.2 Å². The highest BCUT2D eigenvalue weighted by atomic mass is 32.2. The normalized spacial score (nSPS) is 12.6. The monoisotopic (exact) mass is 435 g/mol. The molecule has 0 aliphatic rings. The largest absolute Gasteiger partial charge is 0.329 e. The number of rotatable bonds is 6. The topological polar surface area (TPSA) is 144 Å². The van der Waals surface area contributed by atoms with Crippen LogP contribution < -0.4 is 16.2 Å². The van der Waals surface area contributed by atoms with Crippen molar-refractivity contribution in [3.05, 3.63) is 78.4 Å². The smallest absolute Gasteiger partial charge is 0.238 e. The minimum Gasteiger partial charge on any atom is -0.329 e. The standard InChI is InChI=1S/C22H21N5O3S/c23-13-19(14-5-2-1-3-6-14)22(28)25-16-9-10-20-18(12-16)21(27-26-20)15-7-4-8-17(11-15)31(24,29)30/h1-12,19H,13,23H2,(H,25,28)(H,26,27)(H2,24,29,30). The lowest BCUT2D eigenvalue weighted by molar-refractivity contribution is -0.117. The summed E-state index contributed by atoms with van der Waals surface area (Å²) >= 11 is 0. The molecule has 9 heteroatoms. The minimum atomic E-state index is -3.84. The molecule has 0 saturated carbocycles. The van der Waals surface area contributed by atoms with Gasteiger partial charge in [-0.05, 0) is 35.9 Å². The molecule has 6 N–H and O–H groups in total. The molecule has 0 radical (unpaired) electrons. The summed E-state index contributed by atoms with van der Waals surface area (Å²) in [6.45, 7) is 0.176. The van der Waals surface area contributed by atoms with Crippen molar-refractivity contribution < 1.29 is 13.2 Å². The first-order valence-electron chi connectivity index (χ1n) is 9.54. The van der Waals surface area contributed by atoms with Crippen LogP contribution in [0.2, 0.25) is 0 Å². The Morgan fingerprint density at radius 2 is 1.81 bits per heavy atom. The third-order valence-corrected chi connectivity index (χ3v) is 5.93. The van der Waals surface area contributed by atoms with E-state index >= 15 is 0 Å². The summed E-state index contributed by atoms with van der Waals surface area (Å²) in [6, 6.07) is 20.9. The van der Waals surface area contributed by atoms with Crippen molar-refractivity contribution >= 4 is 32.5 Å². The predicted octanol–water partition coefficient (Wildman–Crippen LogP) is 2.56. The Bertz CT molecular complexity index is 1350. The van der Waals surface area contributed by atoms with Crippen molar-refractivity contribution in [2.24, 2.45) is 10.9 Å². The third-order valence-electron chi connectivity index (χ3n) is 5.02. The molecular weight excluding hydrogens is 414 g/mol. The van der Waals surface area contributed by atoms with Crippen LogP contribution in [0.15, 0.2) is 77.7 Å². The number of anilines is 1. The molecule has 1 heterocycles. The molecule has 1 atom stereocenters. The van der Waals surface area contributed by atoms with Gasteiger partial charge in [0.05, 0.1) is 16.3 Å². The lowest BCUT2D eigenvalue weighted by Gasteiger charge is -2.15. The first-order chi connectivity index (χ1) is 14.9. The van der Waals surface area contributed by atoms with Gasteiger partial charge in [0.25, 0.3) is 0 Å². The number of aromatic amines is 1. The number of nitrogens with two attached hydrogens (primary N) is 2. The van der Waals surface area contributed by atoms with E-state index in [4.69, 9.17) is 10.9 Å². The molecule has 31 heavy (non-hydrogen) atoms. The number of sulfonamides is 1. The van der Waals surface area contributed by atoms with Crippen molar-refractivity contribution in [2.75, 3.05) is 11.9 Å². The Morgan fingerprint density at radius 1 is 1.03 bits per heavy atom. The number of carbonyl (C=O) groups is 1. The number of hydrogen-bond donors (Lipinski definition) is 4. The minimum absolute atomic E-state index is 0.000689. The van der Waals surface area contributed by atoms with Gasteiger partial charge in [0.15, 0.2) is 0 Å². The predicted molar refractivity (Wildman–Crippen MR) is 120 cm³/mol. The van der Waals surface area contributed by atoms with Crippen LogP contribution in [0.1, 0.15) is 11.5 Å². The Labute approximate surface area is 179 Å². The molecule has 0 fully saturated rings. The Balaban J connectivity index is 1.67. The fourth-order valence-electron chi connectivity index (χ4n) is 3.44. The molecule has 1 amide bonds. The van der Waals surface area contributed by atoms with Crippen LogP contribution in [0.3, 0.4) is 0 Å². The molecule has 3 aromatic carbocycles. The molecule has 1 aromatic heterocycles. The van der Waals surface area contributed by atoms with E-state index < -0.39 is 15.9 Å². The van der Waals surface area contributed by atoms with E-state index in [2.05, 4.69) is 15.5 Å². The van der Waals surface area contributed by atoms with Crippen LogP contribution in [0.4, 0.5) is 5.69 Å². The van der Waals surface area contributed by atoms with Crippen LogP contribution >= 0.6 is 0 Å². The molecule has 0 spiro atoms. The lowest BCUT2D eigenvalue weighted by Crippen LogP contribution is -2.27. The van der Waals surface area contributed by atoms with E-state index in [1.54, 1.807) is 30.3 Å². The fraction of sp³-hybridized carbons (Fsp3) is 0.0909. The summed E-state index contributed by atoms with van der Waals surface area (Å²) in [7, 11) is -3.84. The number of nitrogens with one attached hydrogen (secondary N) is 2. The first kappa shape index (κ1) is 20.7. The van der Waals surface area contributed by atoms with E-state index in [1.807, 2.05) is 30.3 Å². The number of primary sulfonamides is 1. The maximum atomic E-state index is 12.8. The zero-order valence-electron chi connectivity index (χ0n) is 16.4. The quantitative estimate of drug-likeness (QED) is 0.368. The molecule has 0 aliphatic heterocycles. The first-order valence-corrected chi connectivity index (χ1v) is 11.1. The van der Waals surface area contributed by atoms with Crippen LogP contribution in [0, 0.1) is 0 Å². The van der Waals surface area contributed by atoms with E-state index in [-0.39, 0.29) is 17.3 Å². The number of amides is 1. The Hall–Kier alpha value is -3.53. The van der Waals surface area contributed by atoms with Crippen LogP contribution in [-0.2, 0) is 14.8 Å². The second kappa shape index (κ2) is 8.31. The van der Waals surface area contributed by atoms with E-state index in [0.717, 1.165) is 16.5 Å². The molecule has 158 valence electrons. The number of carbonyl (C=O) groups excluding carboxylic acids is 1. The molecule has 4 rings (SSSR count). The summed E-state index contributed by atoms with van der Waals surface area (Å²) in [5, 5.41) is 16.1. The molecule has 4 aromatic rings. The van der Waals surface area contributed by atoms with Gasteiger partial charge in [0, 0.05) is 23.2 Å². The van der Waals surface area contributed by atoms with E-state index in [0.29, 0.717) is 16.9 Å². The summed E-state index contributed by atoms with van der Waals surface area (Å²) < 4.78 is 23.4. The zero-order valence-corrected chi connectivity index (χ0v) is 17.3. The molecule has 1 unspecified atom stereocenters. The van der Waals surface area contributed by atoms with E-state index in [9.17, 15) is 13.2 Å². The lowest BCUT2D eigenvalue weighted by atomic mass is 9.98. The molecule has 0 aliphatic carbocycles. The van der Waals surface area contributed by atoms with E-state index in [1.165, 1.54) is 12.1 Å². The van der Waals surface area contributed by atoms with Crippen molar-refractivity contribution in [3.63, 3.8) is 0 Å². The van der Waals surface area contributed by atoms with Crippen LogP contribution in [-0.4, -0.2) is 31.1 Å². The molecule has 8 nitrogen and oxygen atoms in total.